The van der Waals surface area contributed by atoms with Crippen LogP contribution in [0.25, 0.3) is 10.9 Å². The number of para-hydroxylation sites is 1. The van der Waals surface area contributed by atoms with E-state index in [1.54, 1.807) is 0 Å². The van der Waals surface area contributed by atoms with E-state index in [4.69, 9.17) is 4.98 Å². The van der Waals surface area contributed by atoms with E-state index in [2.05, 4.69) is 50.4 Å². The Kier molecular flexibility index (Phi) is 5.23. The average molecular weight is 274 g/mol. The molecule has 0 atom stereocenters. The fourth-order valence-corrected chi connectivity index (χ4v) is 2.78. The van der Waals surface area contributed by atoms with Crippen molar-refractivity contribution in [2.75, 3.05) is 12.3 Å². The van der Waals surface area contributed by atoms with E-state index in [1.165, 1.54) is 10.9 Å². The standard InChI is InChI=1S/C16H22N2S/c1-4-19-16-14(11-17-10-12(2)3)9-13-7-5-6-8-15(13)18-16/h5-9,12,17H,4,10-11H2,1-3H3. The van der Waals surface area contributed by atoms with Crippen LogP contribution in [0.5, 0.6) is 0 Å². The second kappa shape index (κ2) is 6.92. The van der Waals surface area contributed by atoms with Gasteiger partial charge in [-0.2, -0.15) is 0 Å². The highest BCUT2D eigenvalue weighted by Crippen LogP contribution is 2.24. The number of nitrogens with one attached hydrogen (secondary N) is 1. The van der Waals surface area contributed by atoms with E-state index in [0.717, 1.165) is 29.4 Å². The third-order valence-electron chi connectivity index (χ3n) is 2.91. The first kappa shape index (κ1) is 14.4. The zero-order valence-electron chi connectivity index (χ0n) is 11.9. The number of pyridine rings is 1. The van der Waals surface area contributed by atoms with E-state index in [9.17, 15) is 0 Å². The third kappa shape index (κ3) is 3.95. The SMILES string of the molecule is CCSc1nc2ccccc2cc1CNCC(C)C. The Morgan fingerprint density at radius 1 is 1.26 bits per heavy atom. The van der Waals surface area contributed by atoms with Gasteiger partial charge in [-0.05, 0) is 35.9 Å². The number of thioether (sulfide) groups is 1. The van der Waals surface area contributed by atoms with Gasteiger partial charge < -0.3 is 5.32 Å². The molecule has 3 heteroatoms. The molecular formula is C16H22N2S. The van der Waals surface area contributed by atoms with Gasteiger partial charge in [-0.15, -0.1) is 11.8 Å². The molecule has 0 aliphatic carbocycles. The Balaban J connectivity index is 2.25. The molecule has 19 heavy (non-hydrogen) atoms. The van der Waals surface area contributed by atoms with Crippen LogP contribution in [0, 0.1) is 5.92 Å². The normalized spacial score (nSPS) is 11.4. The molecule has 0 unspecified atom stereocenters. The lowest BCUT2D eigenvalue weighted by Crippen LogP contribution is -2.19. The third-order valence-corrected chi connectivity index (χ3v) is 3.83. The molecule has 0 aliphatic rings. The molecule has 1 N–H and O–H groups in total. The Hall–Kier alpha value is -1.06. The number of nitrogens with zero attached hydrogens (tertiary/aromatic N) is 1. The van der Waals surface area contributed by atoms with Gasteiger partial charge in [-0.1, -0.05) is 39.0 Å². The molecule has 0 saturated heterocycles. The van der Waals surface area contributed by atoms with Crippen molar-refractivity contribution in [2.24, 2.45) is 5.92 Å². The van der Waals surface area contributed by atoms with Gasteiger partial charge in [0.25, 0.3) is 0 Å². The number of hydrogen-bond acceptors (Lipinski definition) is 3. The van der Waals surface area contributed by atoms with E-state index in [1.807, 2.05) is 17.8 Å². The summed E-state index contributed by atoms with van der Waals surface area (Å²) in [5.41, 5.74) is 2.40. The van der Waals surface area contributed by atoms with Crippen LogP contribution < -0.4 is 5.32 Å². The largest absolute Gasteiger partial charge is 0.312 e. The molecule has 2 nitrogen and oxygen atoms in total. The van der Waals surface area contributed by atoms with Crippen molar-refractivity contribution >= 4 is 22.7 Å². The second-order valence-corrected chi connectivity index (χ2v) is 6.36. The maximum absolute atomic E-state index is 4.79. The van der Waals surface area contributed by atoms with Crippen LogP contribution in [0.3, 0.4) is 0 Å². The highest BCUT2D eigenvalue weighted by molar-refractivity contribution is 7.99. The quantitative estimate of drug-likeness (QED) is 0.803. The monoisotopic (exact) mass is 274 g/mol. The predicted octanol–water partition coefficient (Wildman–Crippen LogP) is 4.09. The summed E-state index contributed by atoms with van der Waals surface area (Å²) in [6.07, 6.45) is 0. The molecule has 0 aliphatic heterocycles. The lowest BCUT2D eigenvalue weighted by Gasteiger charge is -2.12. The summed E-state index contributed by atoms with van der Waals surface area (Å²) in [7, 11) is 0. The van der Waals surface area contributed by atoms with E-state index in [0.29, 0.717) is 5.92 Å². The van der Waals surface area contributed by atoms with Crippen LogP contribution >= 0.6 is 11.8 Å². The van der Waals surface area contributed by atoms with Crippen molar-refractivity contribution in [3.63, 3.8) is 0 Å². The molecular weight excluding hydrogens is 252 g/mol. The summed E-state index contributed by atoms with van der Waals surface area (Å²) in [4.78, 5) is 4.79. The Labute approximate surface area is 120 Å². The molecule has 0 spiro atoms. The molecule has 2 aromatic rings. The van der Waals surface area contributed by atoms with Gasteiger partial charge in [0.05, 0.1) is 5.52 Å². The zero-order chi connectivity index (χ0) is 13.7. The summed E-state index contributed by atoms with van der Waals surface area (Å²) in [5, 5.41) is 5.90. The summed E-state index contributed by atoms with van der Waals surface area (Å²) < 4.78 is 0. The van der Waals surface area contributed by atoms with Crippen molar-refractivity contribution in [2.45, 2.75) is 32.3 Å². The number of benzene rings is 1. The van der Waals surface area contributed by atoms with Gasteiger partial charge in [-0.3, -0.25) is 0 Å². The maximum Gasteiger partial charge on any atom is 0.101 e. The summed E-state index contributed by atoms with van der Waals surface area (Å²) in [6.45, 7) is 8.58. The van der Waals surface area contributed by atoms with Crippen LogP contribution in [-0.2, 0) is 6.54 Å². The van der Waals surface area contributed by atoms with Crippen LogP contribution in [0.4, 0.5) is 0 Å². The van der Waals surface area contributed by atoms with Gasteiger partial charge in [-0.25, -0.2) is 4.98 Å². The van der Waals surface area contributed by atoms with Gasteiger partial charge in [0.1, 0.15) is 5.03 Å². The first-order valence-corrected chi connectivity index (χ1v) is 7.91. The number of aromatic nitrogens is 1. The van der Waals surface area contributed by atoms with Crippen LogP contribution in [0.1, 0.15) is 26.3 Å². The average Bonchev–Trinajstić information content (AvgIpc) is 2.39. The van der Waals surface area contributed by atoms with E-state index in [-0.39, 0.29) is 0 Å². The second-order valence-electron chi connectivity index (χ2n) is 5.10. The zero-order valence-corrected chi connectivity index (χ0v) is 12.8. The number of hydrogen-bond donors (Lipinski definition) is 1. The lowest BCUT2D eigenvalue weighted by molar-refractivity contribution is 0.549. The molecule has 2 rings (SSSR count). The maximum atomic E-state index is 4.79. The van der Waals surface area contributed by atoms with Gasteiger partial charge in [0.2, 0.25) is 0 Å². The minimum atomic E-state index is 0.677. The smallest absolute Gasteiger partial charge is 0.101 e. The first-order chi connectivity index (χ1) is 9.20. The van der Waals surface area contributed by atoms with Crippen molar-refractivity contribution in [3.05, 3.63) is 35.9 Å². The number of rotatable bonds is 6. The topological polar surface area (TPSA) is 24.9 Å². The highest BCUT2D eigenvalue weighted by Gasteiger charge is 2.07. The van der Waals surface area contributed by atoms with Crippen molar-refractivity contribution in [3.8, 4) is 0 Å². The molecule has 1 heterocycles. The molecule has 0 amide bonds. The minimum absolute atomic E-state index is 0.677. The Morgan fingerprint density at radius 3 is 2.79 bits per heavy atom. The van der Waals surface area contributed by atoms with Crippen LogP contribution in [0.15, 0.2) is 35.4 Å². The van der Waals surface area contributed by atoms with Gasteiger partial charge in [0.15, 0.2) is 0 Å². The number of fused-ring (bicyclic) bond motifs is 1. The van der Waals surface area contributed by atoms with E-state index >= 15 is 0 Å². The van der Waals surface area contributed by atoms with Crippen molar-refractivity contribution < 1.29 is 0 Å². The molecule has 102 valence electrons. The Bertz CT molecular complexity index is 537. The van der Waals surface area contributed by atoms with Crippen molar-refractivity contribution in [1.29, 1.82) is 0 Å². The Morgan fingerprint density at radius 2 is 2.05 bits per heavy atom. The summed E-state index contributed by atoms with van der Waals surface area (Å²) >= 11 is 1.82. The van der Waals surface area contributed by atoms with Crippen molar-refractivity contribution in [1.82, 2.24) is 10.3 Å². The molecule has 0 saturated carbocycles. The summed E-state index contributed by atoms with van der Waals surface area (Å²) in [5.74, 6) is 1.73. The fraction of sp³-hybridized carbons (Fsp3) is 0.438. The summed E-state index contributed by atoms with van der Waals surface area (Å²) in [6, 6.07) is 10.6. The van der Waals surface area contributed by atoms with Crippen LogP contribution in [0.2, 0.25) is 0 Å². The van der Waals surface area contributed by atoms with Gasteiger partial charge in [0, 0.05) is 11.9 Å². The predicted molar refractivity (Wildman–Crippen MR) is 84.7 cm³/mol. The lowest BCUT2D eigenvalue weighted by atomic mass is 10.1. The van der Waals surface area contributed by atoms with E-state index < -0.39 is 0 Å². The molecule has 1 aromatic heterocycles. The molecule has 0 fully saturated rings. The fourth-order valence-electron chi connectivity index (χ4n) is 2.03. The highest BCUT2D eigenvalue weighted by atomic mass is 32.2. The minimum Gasteiger partial charge on any atom is -0.312 e. The first-order valence-electron chi connectivity index (χ1n) is 6.93. The van der Waals surface area contributed by atoms with Gasteiger partial charge >= 0.3 is 0 Å². The molecule has 0 bridgehead atoms. The van der Waals surface area contributed by atoms with Crippen LogP contribution in [-0.4, -0.2) is 17.3 Å². The molecule has 1 aromatic carbocycles. The molecule has 0 radical (unpaired) electrons.